The van der Waals surface area contributed by atoms with Gasteiger partial charge in [0.25, 0.3) is 0 Å². The van der Waals surface area contributed by atoms with Gasteiger partial charge in [0.1, 0.15) is 5.78 Å². The van der Waals surface area contributed by atoms with E-state index in [9.17, 15) is 21.6 Å². The zero-order valence-electron chi connectivity index (χ0n) is 16.3. The topological polar surface area (TPSA) is 101 Å². The SMILES string of the molecule is CC1(C)C2CCC1(CS(=O)(=O)NC1CC3CCC(C1)N3S(C)(=O)=O)C(=O)C2. The molecule has 2 aliphatic heterocycles. The average Bonchev–Trinajstić information content (AvgIpc) is 2.99. The fourth-order valence-electron chi connectivity index (χ4n) is 6.50. The largest absolute Gasteiger partial charge is 0.299 e. The Morgan fingerprint density at radius 1 is 1.07 bits per heavy atom. The van der Waals surface area contributed by atoms with Crippen molar-refractivity contribution < 1.29 is 21.6 Å². The predicted octanol–water partition coefficient (Wildman–Crippen LogP) is 1.26. The third kappa shape index (κ3) is 3.00. The Labute approximate surface area is 162 Å². The fourth-order valence-corrected chi connectivity index (χ4v) is 10.1. The molecule has 4 rings (SSSR count). The Kier molecular flexibility index (Phi) is 4.40. The molecule has 2 saturated carbocycles. The van der Waals surface area contributed by atoms with Gasteiger partial charge in [-0.1, -0.05) is 13.8 Å². The summed E-state index contributed by atoms with van der Waals surface area (Å²) < 4.78 is 54.4. The van der Waals surface area contributed by atoms with Crippen LogP contribution >= 0.6 is 0 Å². The normalized spacial score (nSPS) is 41.4. The van der Waals surface area contributed by atoms with Crippen LogP contribution in [0.3, 0.4) is 0 Å². The van der Waals surface area contributed by atoms with Gasteiger partial charge in [-0.2, -0.15) is 4.31 Å². The van der Waals surface area contributed by atoms with Crippen LogP contribution in [-0.4, -0.2) is 57.1 Å². The van der Waals surface area contributed by atoms with Crippen LogP contribution in [0.25, 0.3) is 0 Å². The summed E-state index contributed by atoms with van der Waals surface area (Å²) in [6.07, 6.45) is 5.89. The number of carbonyl (C=O) groups is 1. The summed E-state index contributed by atoms with van der Waals surface area (Å²) in [5.41, 5.74) is -1.05. The molecule has 27 heavy (non-hydrogen) atoms. The lowest BCUT2D eigenvalue weighted by Crippen LogP contribution is -2.53. The number of Topliss-reactive ketones (excluding diaryl/α,β-unsaturated/α-hetero) is 1. The number of hydrogen-bond acceptors (Lipinski definition) is 5. The molecule has 4 fully saturated rings. The molecule has 154 valence electrons. The van der Waals surface area contributed by atoms with Crippen molar-refractivity contribution >= 4 is 25.8 Å². The quantitative estimate of drug-likeness (QED) is 0.724. The van der Waals surface area contributed by atoms with E-state index in [1.807, 2.05) is 13.8 Å². The second kappa shape index (κ2) is 6.00. The van der Waals surface area contributed by atoms with Crippen molar-refractivity contribution in [2.24, 2.45) is 16.7 Å². The smallest absolute Gasteiger partial charge is 0.212 e. The highest BCUT2D eigenvalue weighted by molar-refractivity contribution is 7.89. The molecule has 0 radical (unpaired) electrons. The van der Waals surface area contributed by atoms with E-state index in [1.54, 1.807) is 4.31 Å². The minimum absolute atomic E-state index is 0.0982. The third-order valence-corrected chi connectivity index (χ3v) is 10.9. The first-order valence-corrected chi connectivity index (χ1v) is 13.4. The summed E-state index contributed by atoms with van der Waals surface area (Å²) >= 11 is 0. The van der Waals surface area contributed by atoms with Gasteiger partial charge in [0.05, 0.1) is 12.0 Å². The molecule has 2 saturated heterocycles. The van der Waals surface area contributed by atoms with Crippen molar-refractivity contribution in [2.45, 2.75) is 76.9 Å². The first kappa shape index (κ1) is 19.8. The lowest BCUT2D eigenvalue weighted by Gasteiger charge is -2.39. The number of nitrogens with one attached hydrogen (secondary N) is 1. The van der Waals surface area contributed by atoms with Crippen molar-refractivity contribution in [3.05, 3.63) is 0 Å². The van der Waals surface area contributed by atoms with Crippen LogP contribution in [0.1, 0.15) is 58.8 Å². The van der Waals surface area contributed by atoms with E-state index in [2.05, 4.69) is 4.72 Å². The molecule has 7 nitrogen and oxygen atoms in total. The highest BCUT2D eigenvalue weighted by Crippen LogP contribution is 2.64. The van der Waals surface area contributed by atoms with Gasteiger partial charge in [-0.3, -0.25) is 4.79 Å². The number of piperidine rings is 1. The maximum Gasteiger partial charge on any atom is 0.212 e. The summed E-state index contributed by atoms with van der Waals surface area (Å²) in [6, 6.07) is -0.492. The van der Waals surface area contributed by atoms with Crippen LogP contribution in [0.4, 0.5) is 0 Å². The van der Waals surface area contributed by atoms with Gasteiger partial charge in [0.15, 0.2) is 0 Å². The molecule has 0 aromatic rings. The molecule has 4 aliphatic rings. The molecule has 0 spiro atoms. The zero-order chi connectivity index (χ0) is 19.8. The lowest BCUT2D eigenvalue weighted by atomic mass is 9.70. The number of hydrogen-bond donors (Lipinski definition) is 1. The van der Waals surface area contributed by atoms with E-state index in [1.165, 1.54) is 6.26 Å². The van der Waals surface area contributed by atoms with E-state index in [4.69, 9.17) is 0 Å². The molecule has 4 bridgehead atoms. The van der Waals surface area contributed by atoms with Gasteiger partial charge < -0.3 is 0 Å². The summed E-state index contributed by atoms with van der Waals surface area (Å²) in [4.78, 5) is 12.6. The minimum Gasteiger partial charge on any atom is -0.299 e. The minimum atomic E-state index is -3.62. The van der Waals surface area contributed by atoms with Gasteiger partial charge in [0.2, 0.25) is 20.0 Å². The summed E-state index contributed by atoms with van der Waals surface area (Å²) in [5.74, 6) is 0.249. The first-order valence-electron chi connectivity index (χ1n) is 9.87. The van der Waals surface area contributed by atoms with Crippen molar-refractivity contribution in [3.63, 3.8) is 0 Å². The van der Waals surface area contributed by atoms with Gasteiger partial charge in [0, 0.05) is 30.0 Å². The van der Waals surface area contributed by atoms with Crippen molar-refractivity contribution in [1.29, 1.82) is 0 Å². The van der Waals surface area contributed by atoms with Gasteiger partial charge in [-0.15, -0.1) is 0 Å². The fraction of sp³-hybridized carbons (Fsp3) is 0.944. The second-order valence-corrected chi connectivity index (χ2v) is 13.3. The Balaban J connectivity index is 1.49. The standard InChI is InChI=1S/C18H30N2O5S2/c1-17(2)12-6-7-18(17,16(21)8-12)11-27(24,25)19-13-9-14-4-5-15(10-13)20(14)26(3,22)23/h12-15,19H,4-11H2,1-3H3. The summed E-state index contributed by atoms with van der Waals surface area (Å²) in [6.45, 7) is 4.08. The van der Waals surface area contributed by atoms with Gasteiger partial charge in [-0.05, 0) is 49.9 Å². The summed E-state index contributed by atoms with van der Waals surface area (Å²) in [5, 5.41) is 0. The van der Waals surface area contributed by atoms with Crippen LogP contribution in [-0.2, 0) is 24.8 Å². The number of sulfonamides is 2. The van der Waals surface area contributed by atoms with E-state index in [-0.39, 0.29) is 41.0 Å². The maximum atomic E-state index is 13.0. The highest BCUT2D eigenvalue weighted by Gasteiger charge is 2.65. The molecular formula is C18H30N2O5S2. The molecule has 2 aliphatic carbocycles. The number of nitrogens with zero attached hydrogens (tertiary/aromatic N) is 1. The molecule has 4 atom stereocenters. The second-order valence-electron chi connectivity index (χ2n) is 9.69. The Morgan fingerprint density at radius 2 is 1.67 bits per heavy atom. The van der Waals surface area contributed by atoms with E-state index in [0.717, 1.165) is 19.3 Å². The lowest BCUT2D eigenvalue weighted by molar-refractivity contribution is -0.128. The monoisotopic (exact) mass is 418 g/mol. The van der Waals surface area contributed by atoms with E-state index in [0.29, 0.717) is 25.7 Å². The molecule has 0 aromatic heterocycles. The molecule has 9 heteroatoms. The molecular weight excluding hydrogens is 388 g/mol. The Bertz CT molecular complexity index is 852. The van der Waals surface area contributed by atoms with E-state index < -0.39 is 25.5 Å². The molecule has 4 unspecified atom stereocenters. The van der Waals surface area contributed by atoms with Crippen molar-refractivity contribution in [1.82, 2.24) is 9.03 Å². The van der Waals surface area contributed by atoms with Crippen LogP contribution in [0.2, 0.25) is 0 Å². The first-order chi connectivity index (χ1) is 12.4. The van der Waals surface area contributed by atoms with Crippen LogP contribution in [0.5, 0.6) is 0 Å². The summed E-state index contributed by atoms with van der Waals surface area (Å²) in [7, 11) is -6.89. The predicted molar refractivity (Wildman–Crippen MR) is 102 cm³/mol. The number of fused-ring (bicyclic) bond motifs is 4. The van der Waals surface area contributed by atoms with Crippen molar-refractivity contribution in [3.8, 4) is 0 Å². The van der Waals surface area contributed by atoms with Crippen LogP contribution in [0.15, 0.2) is 0 Å². The number of ketones is 1. The van der Waals surface area contributed by atoms with Crippen molar-refractivity contribution in [2.75, 3.05) is 12.0 Å². The molecule has 2 heterocycles. The Morgan fingerprint density at radius 3 is 2.11 bits per heavy atom. The average molecular weight is 419 g/mol. The van der Waals surface area contributed by atoms with Gasteiger partial charge in [-0.25, -0.2) is 21.6 Å². The Hall–Kier alpha value is -0.510. The number of rotatable bonds is 5. The van der Waals surface area contributed by atoms with Crippen LogP contribution < -0.4 is 4.72 Å². The molecule has 0 aromatic carbocycles. The van der Waals surface area contributed by atoms with E-state index >= 15 is 0 Å². The number of carbonyl (C=O) groups excluding carboxylic acids is 1. The van der Waals surface area contributed by atoms with Gasteiger partial charge >= 0.3 is 0 Å². The highest BCUT2D eigenvalue weighted by atomic mass is 32.2. The van der Waals surface area contributed by atoms with Crippen LogP contribution in [0, 0.1) is 16.7 Å². The zero-order valence-corrected chi connectivity index (χ0v) is 17.9. The maximum absolute atomic E-state index is 13.0. The molecule has 1 N–H and O–H groups in total. The molecule has 0 amide bonds. The third-order valence-electron chi connectivity index (χ3n) is 7.97.